The highest BCUT2D eigenvalue weighted by atomic mass is 16.5. The standard InChI is InChI=1S/C22H22N2O4/c1-4-27-19-10-8-17(9-11-19)12-18(13-23)22(26)28-14-21(25)24-20-7-5-6-15(2)16(20)3/h5-12H,4,14H2,1-3H3,(H,24,25)/b18-12+. The summed E-state index contributed by atoms with van der Waals surface area (Å²) in [5.41, 5.74) is 3.10. The molecule has 0 aromatic heterocycles. The molecule has 2 aromatic rings. The quantitative estimate of drug-likeness (QED) is 0.450. The van der Waals surface area contributed by atoms with Gasteiger partial charge in [-0.1, -0.05) is 24.3 Å². The maximum Gasteiger partial charge on any atom is 0.349 e. The zero-order valence-electron chi connectivity index (χ0n) is 16.1. The van der Waals surface area contributed by atoms with E-state index in [4.69, 9.17) is 9.47 Å². The molecule has 2 rings (SSSR count). The minimum Gasteiger partial charge on any atom is -0.494 e. The first-order valence-corrected chi connectivity index (χ1v) is 8.82. The predicted octanol–water partition coefficient (Wildman–Crippen LogP) is 3.79. The van der Waals surface area contributed by atoms with Crippen LogP contribution in [-0.4, -0.2) is 25.1 Å². The summed E-state index contributed by atoms with van der Waals surface area (Å²) in [6.45, 7) is 5.79. The molecule has 1 amide bonds. The molecule has 2 aromatic carbocycles. The number of carbonyl (C=O) groups excluding carboxylic acids is 2. The SMILES string of the molecule is CCOc1ccc(/C=C(\C#N)C(=O)OCC(=O)Nc2cccc(C)c2C)cc1. The summed E-state index contributed by atoms with van der Waals surface area (Å²) in [5, 5.41) is 11.9. The molecule has 0 saturated carbocycles. The zero-order chi connectivity index (χ0) is 20.5. The van der Waals surface area contributed by atoms with Crippen LogP contribution in [0.25, 0.3) is 6.08 Å². The molecule has 6 heteroatoms. The topological polar surface area (TPSA) is 88.4 Å². The summed E-state index contributed by atoms with van der Waals surface area (Å²) in [6, 6.07) is 14.3. The Labute approximate surface area is 164 Å². The number of nitriles is 1. The number of hydrogen-bond donors (Lipinski definition) is 1. The highest BCUT2D eigenvalue weighted by Crippen LogP contribution is 2.18. The van der Waals surface area contributed by atoms with Gasteiger partial charge in [-0.15, -0.1) is 0 Å². The maximum absolute atomic E-state index is 12.1. The molecule has 144 valence electrons. The third kappa shape index (κ3) is 5.71. The molecule has 28 heavy (non-hydrogen) atoms. The normalized spacial score (nSPS) is 10.7. The number of ether oxygens (including phenoxy) is 2. The van der Waals surface area contributed by atoms with Gasteiger partial charge < -0.3 is 14.8 Å². The van der Waals surface area contributed by atoms with Gasteiger partial charge in [0.15, 0.2) is 6.61 Å². The molecular formula is C22H22N2O4. The van der Waals surface area contributed by atoms with Gasteiger partial charge in [0.1, 0.15) is 17.4 Å². The molecule has 0 unspecified atom stereocenters. The predicted molar refractivity (Wildman–Crippen MR) is 107 cm³/mol. The van der Waals surface area contributed by atoms with Crippen molar-refractivity contribution < 1.29 is 19.1 Å². The Balaban J connectivity index is 1.97. The van der Waals surface area contributed by atoms with Gasteiger partial charge in [-0.05, 0) is 61.7 Å². The van der Waals surface area contributed by atoms with Gasteiger partial charge >= 0.3 is 5.97 Å². The number of anilines is 1. The lowest BCUT2D eigenvalue weighted by Gasteiger charge is -2.10. The van der Waals surface area contributed by atoms with Crippen molar-refractivity contribution in [2.75, 3.05) is 18.5 Å². The number of nitrogens with one attached hydrogen (secondary N) is 1. The second-order valence-corrected chi connectivity index (χ2v) is 6.04. The molecule has 0 aliphatic heterocycles. The summed E-state index contributed by atoms with van der Waals surface area (Å²) in [7, 11) is 0. The summed E-state index contributed by atoms with van der Waals surface area (Å²) < 4.78 is 10.3. The van der Waals surface area contributed by atoms with E-state index in [1.54, 1.807) is 36.4 Å². The van der Waals surface area contributed by atoms with Crippen LogP contribution in [-0.2, 0) is 14.3 Å². The summed E-state index contributed by atoms with van der Waals surface area (Å²) >= 11 is 0. The molecule has 0 aliphatic rings. The van der Waals surface area contributed by atoms with Gasteiger partial charge in [-0.2, -0.15) is 5.26 Å². The molecule has 0 bridgehead atoms. The lowest BCUT2D eigenvalue weighted by molar-refractivity contribution is -0.142. The smallest absolute Gasteiger partial charge is 0.349 e. The minimum absolute atomic E-state index is 0.191. The molecule has 6 nitrogen and oxygen atoms in total. The second-order valence-electron chi connectivity index (χ2n) is 6.04. The van der Waals surface area contributed by atoms with Gasteiger partial charge in [0.2, 0.25) is 0 Å². The highest BCUT2D eigenvalue weighted by molar-refractivity contribution is 6.00. The van der Waals surface area contributed by atoms with E-state index in [0.29, 0.717) is 23.6 Å². The van der Waals surface area contributed by atoms with Crippen LogP contribution in [0, 0.1) is 25.2 Å². The summed E-state index contributed by atoms with van der Waals surface area (Å²) in [4.78, 5) is 24.2. The van der Waals surface area contributed by atoms with E-state index in [2.05, 4.69) is 5.32 Å². The van der Waals surface area contributed by atoms with Gasteiger partial charge in [-0.3, -0.25) is 4.79 Å². The van der Waals surface area contributed by atoms with E-state index in [-0.39, 0.29) is 5.57 Å². The molecule has 0 radical (unpaired) electrons. The van der Waals surface area contributed by atoms with Crippen LogP contribution >= 0.6 is 0 Å². The Hall–Kier alpha value is -3.59. The number of benzene rings is 2. The number of aryl methyl sites for hydroxylation is 1. The van der Waals surface area contributed by atoms with E-state index < -0.39 is 18.5 Å². The first-order valence-electron chi connectivity index (χ1n) is 8.82. The third-order valence-corrected chi connectivity index (χ3v) is 4.06. The molecule has 0 atom stereocenters. The minimum atomic E-state index is -0.854. The fourth-order valence-corrected chi connectivity index (χ4v) is 2.41. The van der Waals surface area contributed by atoms with E-state index in [1.165, 1.54) is 6.08 Å². The van der Waals surface area contributed by atoms with Crippen molar-refractivity contribution in [3.63, 3.8) is 0 Å². The monoisotopic (exact) mass is 378 g/mol. The Morgan fingerprint density at radius 1 is 1.14 bits per heavy atom. The van der Waals surface area contributed by atoms with E-state index in [9.17, 15) is 14.9 Å². The van der Waals surface area contributed by atoms with Crippen LogP contribution in [0.4, 0.5) is 5.69 Å². The van der Waals surface area contributed by atoms with Crippen molar-refractivity contribution in [3.8, 4) is 11.8 Å². The molecule has 0 saturated heterocycles. The summed E-state index contributed by atoms with van der Waals surface area (Å²) in [5.74, 6) is -0.628. The van der Waals surface area contributed by atoms with Crippen molar-refractivity contribution in [1.29, 1.82) is 5.26 Å². The number of hydrogen-bond acceptors (Lipinski definition) is 5. The highest BCUT2D eigenvalue weighted by Gasteiger charge is 2.14. The number of nitrogens with zero attached hydrogens (tertiary/aromatic N) is 1. The van der Waals surface area contributed by atoms with Crippen LogP contribution < -0.4 is 10.1 Å². The largest absolute Gasteiger partial charge is 0.494 e. The van der Waals surface area contributed by atoms with Crippen LogP contribution in [0.1, 0.15) is 23.6 Å². The summed E-state index contributed by atoms with van der Waals surface area (Å²) in [6.07, 6.45) is 1.40. The fourth-order valence-electron chi connectivity index (χ4n) is 2.41. The first-order chi connectivity index (χ1) is 13.4. The van der Waals surface area contributed by atoms with Crippen molar-refractivity contribution >= 4 is 23.6 Å². The molecule has 0 heterocycles. The molecular weight excluding hydrogens is 356 g/mol. The third-order valence-electron chi connectivity index (χ3n) is 4.06. The van der Waals surface area contributed by atoms with Crippen molar-refractivity contribution in [1.82, 2.24) is 0 Å². The first kappa shape index (κ1) is 20.7. The van der Waals surface area contributed by atoms with Gasteiger partial charge in [0.05, 0.1) is 6.61 Å². The lowest BCUT2D eigenvalue weighted by Crippen LogP contribution is -2.21. The Bertz CT molecular complexity index is 925. The fraction of sp³-hybridized carbons (Fsp3) is 0.227. The average molecular weight is 378 g/mol. The average Bonchev–Trinajstić information content (AvgIpc) is 2.69. The second kappa shape index (κ2) is 9.93. The number of esters is 1. The number of rotatable bonds is 7. The Kier molecular flexibility index (Phi) is 7.35. The van der Waals surface area contributed by atoms with Crippen molar-refractivity contribution in [2.45, 2.75) is 20.8 Å². The number of amides is 1. The van der Waals surface area contributed by atoms with E-state index in [0.717, 1.165) is 11.1 Å². The van der Waals surface area contributed by atoms with Gasteiger partial charge in [0.25, 0.3) is 5.91 Å². The van der Waals surface area contributed by atoms with Gasteiger partial charge in [0, 0.05) is 5.69 Å². The number of carbonyl (C=O) groups is 2. The van der Waals surface area contributed by atoms with Crippen LogP contribution in [0.5, 0.6) is 5.75 Å². The van der Waals surface area contributed by atoms with E-state index in [1.807, 2.05) is 32.9 Å². The van der Waals surface area contributed by atoms with Crippen LogP contribution in [0.2, 0.25) is 0 Å². The lowest BCUT2D eigenvalue weighted by atomic mass is 10.1. The molecule has 1 N–H and O–H groups in total. The Morgan fingerprint density at radius 3 is 2.50 bits per heavy atom. The molecule has 0 spiro atoms. The molecule has 0 fully saturated rings. The Morgan fingerprint density at radius 2 is 1.86 bits per heavy atom. The van der Waals surface area contributed by atoms with Crippen molar-refractivity contribution in [2.24, 2.45) is 0 Å². The van der Waals surface area contributed by atoms with E-state index >= 15 is 0 Å². The van der Waals surface area contributed by atoms with Crippen molar-refractivity contribution in [3.05, 3.63) is 64.7 Å². The van der Waals surface area contributed by atoms with Crippen LogP contribution in [0.15, 0.2) is 48.0 Å². The zero-order valence-corrected chi connectivity index (χ0v) is 16.1. The molecule has 0 aliphatic carbocycles. The maximum atomic E-state index is 12.1. The van der Waals surface area contributed by atoms with Crippen LogP contribution in [0.3, 0.4) is 0 Å². The van der Waals surface area contributed by atoms with Gasteiger partial charge in [-0.25, -0.2) is 4.79 Å².